The Balaban J connectivity index is 1.81. The maximum Gasteiger partial charge on any atom is 0.0322 e. The average molecular weight is 154 g/mol. The van der Waals surface area contributed by atoms with Gasteiger partial charge in [0.1, 0.15) is 0 Å². The van der Waals surface area contributed by atoms with Gasteiger partial charge in [-0.3, -0.25) is 0 Å². The Labute approximate surface area is 68.7 Å². The van der Waals surface area contributed by atoms with Gasteiger partial charge in [0.2, 0.25) is 0 Å². The fourth-order valence-electron chi connectivity index (χ4n) is 2.03. The molecule has 2 fully saturated rings. The van der Waals surface area contributed by atoms with Gasteiger partial charge in [-0.15, -0.1) is 0 Å². The second kappa shape index (κ2) is 2.76. The SMILES string of the molecule is CCC1(NC2CNC2)CCC1. The van der Waals surface area contributed by atoms with Crippen molar-refractivity contribution in [2.24, 2.45) is 0 Å². The van der Waals surface area contributed by atoms with Crippen LogP contribution in [0.25, 0.3) is 0 Å². The third-order valence-electron chi connectivity index (χ3n) is 3.28. The molecule has 0 aromatic carbocycles. The molecule has 11 heavy (non-hydrogen) atoms. The van der Waals surface area contributed by atoms with Gasteiger partial charge in [0.05, 0.1) is 0 Å². The van der Waals surface area contributed by atoms with Crippen molar-refractivity contribution in [1.82, 2.24) is 10.6 Å². The lowest BCUT2D eigenvalue weighted by Gasteiger charge is -2.47. The molecule has 1 saturated carbocycles. The fourth-order valence-corrected chi connectivity index (χ4v) is 2.03. The van der Waals surface area contributed by atoms with E-state index in [0.29, 0.717) is 5.54 Å². The average Bonchev–Trinajstić information content (AvgIpc) is 1.83. The van der Waals surface area contributed by atoms with Crippen LogP contribution in [0, 0.1) is 0 Å². The summed E-state index contributed by atoms with van der Waals surface area (Å²) in [7, 11) is 0. The predicted molar refractivity (Wildman–Crippen MR) is 46.7 cm³/mol. The first-order valence-corrected chi connectivity index (χ1v) is 4.83. The molecule has 0 atom stereocenters. The van der Waals surface area contributed by atoms with Crippen molar-refractivity contribution in [3.63, 3.8) is 0 Å². The van der Waals surface area contributed by atoms with Crippen LogP contribution >= 0.6 is 0 Å². The lowest BCUT2D eigenvalue weighted by atomic mass is 9.74. The quantitative estimate of drug-likeness (QED) is 0.630. The Morgan fingerprint density at radius 2 is 2.18 bits per heavy atom. The highest BCUT2D eigenvalue weighted by atomic mass is 15.1. The predicted octanol–water partition coefficient (Wildman–Crippen LogP) is 0.880. The van der Waals surface area contributed by atoms with Gasteiger partial charge in [0, 0.05) is 24.7 Å². The number of rotatable bonds is 3. The minimum Gasteiger partial charge on any atom is -0.314 e. The van der Waals surface area contributed by atoms with E-state index in [4.69, 9.17) is 0 Å². The van der Waals surface area contributed by atoms with E-state index in [-0.39, 0.29) is 0 Å². The second-order valence-corrected chi connectivity index (χ2v) is 3.99. The smallest absolute Gasteiger partial charge is 0.0322 e. The third kappa shape index (κ3) is 1.30. The standard InChI is InChI=1S/C9H18N2/c1-2-9(4-3-5-9)11-8-6-10-7-8/h8,10-11H,2-7H2,1H3. The Hall–Kier alpha value is -0.0800. The first-order chi connectivity index (χ1) is 5.35. The monoisotopic (exact) mass is 154 g/mol. The van der Waals surface area contributed by atoms with E-state index in [2.05, 4.69) is 17.6 Å². The minimum absolute atomic E-state index is 0.548. The molecule has 0 amide bonds. The maximum absolute atomic E-state index is 3.75. The highest BCUT2D eigenvalue weighted by Gasteiger charge is 2.37. The molecule has 1 aliphatic carbocycles. The molecule has 1 saturated heterocycles. The van der Waals surface area contributed by atoms with E-state index in [1.807, 2.05) is 0 Å². The summed E-state index contributed by atoms with van der Waals surface area (Å²) >= 11 is 0. The number of nitrogens with one attached hydrogen (secondary N) is 2. The van der Waals surface area contributed by atoms with E-state index in [0.717, 1.165) is 6.04 Å². The van der Waals surface area contributed by atoms with E-state index in [1.54, 1.807) is 0 Å². The highest BCUT2D eigenvalue weighted by Crippen LogP contribution is 2.35. The van der Waals surface area contributed by atoms with Gasteiger partial charge in [-0.2, -0.15) is 0 Å². The van der Waals surface area contributed by atoms with E-state index < -0.39 is 0 Å². The molecular formula is C9H18N2. The molecule has 64 valence electrons. The molecule has 2 rings (SSSR count). The van der Waals surface area contributed by atoms with Crippen LogP contribution in [0.1, 0.15) is 32.6 Å². The summed E-state index contributed by atoms with van der Waals surface area (Å²) < 4.78 is 0. The summed E-state index contributed by atoms with van der Waals surface area (Å²) in [6, 6.07) is 0.773. The van der Waals surface area contributed by atoms with Gasteiger partial charge < -0.3 is 10.6 Å². The number of hydrogen-bond acceptors (Lipinski definition) is 2. The Morgan fingerprint density at radius 1 is 1.45 bits per heavy atom. The molecule has 1 heterocycles. The summed E-state index contributed by atoms with van der Waals surface area (Å²) in [5.41, 5.74) is 0.548. The molecule has 0 radical (unpaired) electrons. The Morgan fingerprint density at radius 3 is 2.45 bits per heavy atom. The topological polar surface area (TPSA) is 24.1 Å². The van der Waals surface area contributed by atoms with Crippen LogP contribution in [-0.2, 0) is 0 Å². The summed E-state index contributed by atoms with van der Waals surface area (Å²) in [5.74, 6) is 0. The van der Waals surface area contributed by atoms with Crippen molar-refractivity contribution in [2.75, 3.05) is 13.1 Å². The lowest BCUT2D eigenvalue weighted by Crippen LogP contribution is -2.64. The van der Waals surface area contributed by atoms with Crippen LogP contribution in [0.2, 0.25) is 0 Å². The Bertz CT molecular complexity index is 131. The van der Waals surface area contributed by atoms with Crippen LogP contribution in [0.4, 0.5) is 0 Å². The van der Waals surface area contributed by atoms with Crippen molar-refractivity contribution in [1.29, 1.82) is 0 Å². The van der Waals surface area contributed by atoms with Gasteiger partial charge in [0.15, 0.2) is 0 Å². The first-order valence-electron chi connectivity index (χ1n) is 4.83. The largest absolute Gasteiger partial charge is 0.314 e. The first kappa shape index (κ1) is 7.56. The summed E-state index contributed by atoms with van der Waals surface area (Å²) in [6.45, 7) is 4.67. The van der Waals surface area contributed by atoms with E-state index in [9.17, 15) is 0 Å². The van der Waals surface area contributed by atoms with Gasteiger partial charge in [-0.05, 0) is 25.7 Å². The van der Waals surface area contributed by atoms with Gasteiger partial charge in [-0.25, -0.2) is 0 Å². The zero-order valence-corrected chi connectivity index (χ0v) is 7.32. The van der Waals surface area contributed by atoms with Crippen molar-refractivity contribution in [3.8, 4) is 0 Å². The van der Waals surface area contributed by atoms with Gasteiger partial charge in [0.25, 0.3) is 0 Å². The molecule has 0 aromatic heterocycles. The maximum atomic E-state index is 3.75. The molecule has 2 aliphatic rings. The van der Waals surface area contributed by atoms with E-state index >= 15 is 0 Å². The van der Waals surface area contributed by atoms with Crippen molar-refractivity contribution >= 4 is 0 Å². The van der Waals surface area contributed by atoms with Crippen LogP contribution in [0.5, 0.6) is 0 Å². The van der Waals surface area contributed by atoms with Crippen LogP contribution in [0.15, 0.2) is 0 Å². The van der Waals surface area contributed by atoms with Gasteiger partial charge in [-0.1, -0.05) is 6.92 Å². The molecule has 0 unspecified atom stereocenters. The van der Waals surface area contributed by atoms with Crippen LogP contribution in [0.3, 0.4) is 0 Å². The molecular weight excluding hydrogens is 136 g/mol. The zero-order valence-electron chi connectivity index (χ0n) is 7.32. The second-order valence-electron chi connectivity index (χ2n) is 3.99. The molecule has 2 nitrogen and oxygen atoms in total. The summed E-state index contributed by atoms with van der Waals surface area (Å²) in [4.78, 5) is 0. The molecule has 1 aliphatic heterocycles. The van der Waals surface area contributed by atoms with Gasteiger partial charge >= 0.3 is 0 Å². The highest BCUT2D eigenvalue weighted by molar-refractivity contribution is 4.99. The molecule has 2 heteroatoms. The minimum atomic E-state index is 0.548. The summed E-state index contributed by atoms with van der Waals surface area (Å²) in [5, 5.41) is 7.05. The molecule has 0 spiro atoms. The summed E-state index contributed by atoms with van der Waals surface area (Å²) in [6.07, 6.45) is 5.55. The normalized spacial score (nSPS) is 29.2. The zero-order chi connectivity index (χ0) is 7.73. The van der Waals surface area contributed by atoms with E-state index in [1.165, 1.54) is 38.8 Å². The Kier molecular flexibility index (Phi) is 1.90. The molecule has 0 bridgehead atoms. The van der Waals surface area contributed by atoms with Crippen molar-refractivity contribution in [3.05, 3.63) is 0 Å². The fraction of sp³-hybridized carbons (Fsp3) is 1.00. The lowest BCUT2D eigenvalue weighted by molar-refractivity contribution is 0.138. The van der Waals surface area contributed by atoms with Crippen molar-refractivity contribution < 1.29 is 0 Å². The molecule has 2 N–H and O–H groups in total. The number of hydrogen-bond donors (Lipinski definition) is 2. The molecule has 0 aromatic rings. The van der Waals surface area contributed by atoms with Crippen LogP contribution in [-0.4, -0.2) is 24.7 Å². The third-order valence-corrected chi connectivity index (χ3v) is 3.28. The van der Waals surface area contributed by atoms with Crippen molar-refractivity contribution in [2.45, 2.75) is 44.2 Å². The van der Waals surface area contributed by atoms with Crippen LogP contribution < -0.4 is 10.6 Å².